The summed E-state index contributed by atoms with van der Waals surface area (Å²) in [6, 6.07) is 0. The van der Waals surface area contributed by atoms with Crippen LogP contribution in [0.2, 0.25) is 0 Å². The molecular formula is C21H30O4. The van der Waals surface area contributed by atoms with Crippen LogP contribution in [0.4, 0.5) is 0 Å². The zero-order valence-electron chi connectivity index (χ0n) is 15.7. The Morgan fingerprint density at radius 3 is 2.68 bits per heavy atom. The molecule has 2 aliphatic carbocycles. The van der Waals surface area contributed by atoms with Gasteiger partial charge in [-0.1, -0.05) is 33.9 Å². The first-order valence-corrected chi connectivity index (χ1v) is 9.59. The molecule has 0 aromatic rings. The summed E-state index contributed by atoms with van der Waals surface area (Å²) < 4.78 is 11.4. The SMILES string of the molecule is C=C1C(=O)O[C@@H]2C[C@@]3(C)CC[C@@H](OC(=O)C(CC)CC)C(=C)[C@@H]3C[C@H]12. The largest absolute Gasteiger partial charge is 0.458 e. The smallest absolute Gasteiger partial charge is 0.334 e. The summed E-state index contributed by atoms with van der Waals surface area (Å²) in [5, 5.41) is 0. The molecule has 138 valence electrons. The van der Waals surface area contributed by atoms with E-state index < -0.39 is 0 Å². The van der Waals surface area contributed by atoms with Gasteiger partial charge in [0, 0.05) is 11.5 Å². The molecule has 4 heteroatoms. The number of carbonyl (C=O) groups is 2. The summed E-state index contributed by atoms with van der Waals surface area (Å²) in [6.07, 6.45) is 4.81. The van der Waals surface area contributed by atoms with Gasteiger partial charge in [-0.15, -0.1) is 0 Å². The Balaban J connectivity index is 1.74. The number of fused-ring (bicyclic) bond motifs is 2. The second-order valence-electron chi connectivity index (χ2n) is 8.27. The summed E-state index contributed by atoms with van der Waals surface area (Å²) in [5.41, 5.74) is 1.66. The van der Waals surface area contributed by atoms with E-state index in [0.29, 0.717) is 5.57 Å². The van der Waals surface area contributed by atoms with Crippen LogP contribution in [0.15, 0.2) is 24.3 Å². The fraction of sp³-hybridized carbons (Fsp3) is 0.714. The zero-order valence-corrected chi connectivity index (χ0v) is 15.7. The molecule has 0 aromatic heterocycles. The molecule has 5 atom stereocenters. The van der Waals surface area contributed by atoms with Crippen LogP contribution in [0.1, 0.15) is 59.3 Å². The second kappa shape index (κ2) is 6.62. The summed E-state index contributed by atoms with van der Waals surface area (Å²) in [6.45, 7) is 14.5. The van der Waals surface area contributed by atoms with Crippen LogP contribution in [0.5, 0.6) is 0 Å². The lowest BCUT2D eigenvalue weighted by atomic mass is 9.55. The molecule has 1 heterocycles. The predicted molar refractivity (Wildman–Crippen MR) is 95.7 cm³/mol. The van der Waals surface area contributed by atoms with E-state index in [4.69, 9.17) is 9.47 Å². The lowest BCUT2D eigenvalue weighted by Gasteiger charge is -2.51. The fourth-order valence-electron chi connectivity index (χ4n) is 5.03. The van der Waals surface area contributed by atoms with Gasteiger partial charge in [0.15, 0.2) is 0 Å². The maximum Gasteiger partial charge on any atom is 0.334 e. The number of hydrogen-bond acceptors (Lipinski definition) is 4. The van der Waals surface area contributed by atoms with Gasteiger partial charge >= 0.3 is 11.9 Å². The molecule has 0 bridgehead atoms. The van der Waals surface area contributed by atoms with Crippen molar-refractivity contribution >= 4 is 11.9 Å². The van der Waals surface area contributed by atoms with Crippen molar-refractivity contribution in [2.45, 2.75) is 71.5 Å². The van der Waals surface area contributed by atoms with Crippen molar-refractivity contribution in [2.24, 2.45) is 23.2 Å². The van der Waals surface area contributed by atoms with Gasteiger partial charge in [0.2, 0.25) is 0 Å². The Hall–Kier alpha value is -1.58. The minimum atomic E-state index is -0.250. The van der Waals surface area contributed by atoms with E-state index in [9.17, 15) is 9.59 Å². The average Bonchev–Trinajstić information content (AvgIpc) is 2.83. The fourth-order valence-corrected chi connectivity index (χ4v) is 5.03. The first-order chi connectivity index (χ1) is 11.8. The number of rotatable bonds is 4. The molecule has 0 spiro atoms. The van der Waals surface area contributed by atoms with Crippen LogP contribution in [0, 0.1) is 23.2 Å². The van der Waals surface area contributed by atoms with Crippen molar-refractivity contribution in [3.8, 4) is 0 Å². The highest BCUT2D eigenvalue weighted by Crippen LogP contribution is 2.57. The lowest BCUT2D eigenvalue weighted by molar-refractivity contribution is -0.157. The zero-order chi connectivity index (χ0) is 18.4. The van der Waals surface area contributed by atoms with Crippen molar-refractivity contribution < 1.29 is 19.1 Å². The molecular weight excluding hydrogens is 316 g/mol. The molecule has 2 saturated carbocycles. The maximum atomic E-state index is 12.4. The Morgan fingerprint density at radius 2 is 2.04 bits per heavy atom. The van der Waals surface area contributed by atoms with Gasteiger partial charge < -0.3 is 9.47 Å². The highest BCUT2D eigenvalue weighted by Gasteiger charge is 2.54. The molecule has 0 N–H and O–H groups in total. The molecule has 1 saturated heterocycles. The Kier molecular flexibility index (Phi) is 4.82. The Bertz CT molecular complexity index is 603. The molecule has 25 heavy (non-hydrogen) atoms. The highest BCUT2D eigenvalue weighted by atomic mass is 16.6. The van der Waals surface area contributed by atoms with E-state index in [0.717, 1.165) is 44.1 Å². The maximum absolute atomic E-state index is 12.4. The van der Waals surface area contributed by atoms with E-state index in [1.807, 2.05) is 13.8 Å². The molecule has 1 aliphatic heterocycles. The van der Waals surface area contributed by atoms with Crippen molar-refractivity contribution in [2.75, 3.05) is 0 Å². The van der Waals surface area contributed by atoms with E-state index in [2.05, 4.69) is 20.1 Å². The first kappa shape index (κ1) is 18.2. The van der Waals surface area contributed by atoms with Crippen LogP contribution in [0.3, 0.4) is 0 Å². The normalized spacial score (nSPS) is 37.5. The quantitative estimate of drug-likeness (QED) is 0.435. The third-order valence-corrected chi connectivity index (χ3v) is 6.83. The van der Waals surface area contributed by atoms with E-state index in [-0.39, 0.29) is 47.3 Å². The van der Waals surface area contributed by atoms with Gasteiger partial charge in [0.1, 0.15) is 12.2 Å². The summed E-state index contributed by atoms with van der Waals surface area (Å²) >= 11 is 0. The molecule has 0 radical (unpaired) electrons. The number of hydrogen-bond donors (Lipinski definition) is 0. The van der Waals surface area contributed by atoms with E-state index in [1.54, 1.807) is 0 Å². The molecule has 0 unspecified atom stereocenters. The van der Waals surface area contributed by atoms with Crippen molar-refractivity contribution in [3.63, 3.8) is 0 Å². The van der Waals surface area contributed by atoms with Gasteiger partial charge in [-0.3, -0.25) is 4.79 Å². The lowest BCUT2D eigenvalue weighted by Crippen LogP contribution is -2.47. The van der Waals surface area contributed by atoms with E-state index >= 15 is 0 Å². The van der Waals surface area contributed by atoms with Crippen LogP contribution < -0.4 is 0 Å². The molecule has 3 fully saturated rings. The standard InChI is InChI=1S/C21H30O4/c1-6-14(7-2)20(23)24-17-8-9-21(5)11-18-15(10-16(21)13(17)4)12(3)19(22)25-18/h14-18H,3-4,6-11H2,1-2,5H3/t15-,16+,17-,18-,21-/m1/s1. The molecule has 3 aliphatic rings. The molecule has 4 nitrogen and oxygen atoms in total. The molecule has 0 aromatic carbocycles. The monoisotopic (exact) mass is 346 g/mol. The topological polar surface area (TPSA) is 52.6 Å². The van der Waals surface area contributed by atoms with Crippen molar-refractivity contribution in [3.05, 3.63) is 24.3 Å². The second-order valence-corrected chi connectivity index (χ2v) is 8.27. The van der Waals surface area contributed by atoms with Crippen molar-refractivity contribution in [1.82, 2.24) is 0 Å². The summed E-state index contributed by atoms with van der Waals surface area (Å²) in [4.78, 5) is 24.3. The summed E-state index contributed by atoms with van der Waals surface area (Å²) in [7, 11) is 0. The number of carbonyl (C=O) groups excluding carboxylic acids is 2. The van der Waals surface area contributed by atoms with Crippen LogP contribution in [-0.4, -0.2) is 24.1 Å². The van der Waals surface area contributed by atoms with Crippen LogP contribution in [-0.2, 0) is 19.1 Å². The third kappa shape index (κ3) is 3.04. The molecule has 0 amide bonds. The van der Waals surface area contributed by atoms with Crippen LogP contribution >= 0.6 is 0 Å². The Labute approximate surface area is 150 Å². The van der Waals surface area contributed by atoms with Gasteiger partial charge in [-0.2, -0.15) is 0 Å². The highest BCUT2D eigenvalue weighted by molar-refractivity contribution is 5.90. The molecule has 3 rings (SSSR count). The minimum Gasteiger partial charge on any atom is -0.458 e. The van der Waals surface area contributed by atoms with Gasteiger partial charge in [-0.05, 0) is 55.4 Å². The number of esters is 2. The van der Waals surface area contributed by atoms with Crippen LogP contribution in [0.25, 0.3) is 0 Å². The van der Waals surface area contributed by atoms with Gasteiger partial charge in [0.25, 0.3) is 0 Å². The van der Waals surface area contributed by atoms with Gasteiger partial charge in [-0.25, -0.2) is 4.79 Å². The Morgan fingerprint density at radius 1 is 1.36 bits per heavy atom. The third-order valence-electron chi connectivity index (χ3n) is 6.83. The van der Waals surface area contributed by atoms with Crippen molar-refractivity contribution in [1.29, 1.82) is 0 Å². The first-order valence-electron chi connectivity index (χ1n) is 9.59. The average molecular weight is 346 g/mol. The summed E-state index contributed by atoms with van der Waals surface area (Å²) in [5.74, 6) is -0.0571. The minimum absolute atomic E-state index is 0.0301. The van der Waals surface area contributed by atoms with E-state index in [1.165, 1.54) is 0 Å². The number of ether oxygens (including phenoxy) is 2. The predicted octanol–water partition coefficient (Wildman–Crippen LogP) is 4.20. The van der Waals surface area contributed by atoms with Gasteiger partial charge in [0.05, 0.1) is 5.92 Å².